The van der Waals surface area contributed by atoms with E-state index in [2.05, 4.69) is 9.72 Å². The van der Waals surface area contributed by atoms with Gasteiger partial charge in [-0.15, -0.1) is 0 Å². The first-order valence-corrected chi connectivity index (χ1v) is 10.3. The zero-order valence-corrected chi connectivity index (χ0v) is 17.2. The topological polar surface area (TPSA) is 124 Å². The molecule has 3 aliphatic heterocycles. The van der Waals surface area contributed by atoms with Gasteiger partial charge in [-0.25, -0.2) is 14.7 Å². The van der Waals surface area contributed by atoms with Crippen molar-refractivity contribution < 1.29 is 23.9 Å². The van der Waals surface area contributed by atoms with Crippen LogP contribution < -0.4 is 4.90 Å². The summed E-state index contributed by atoms with van der Waals surface area (Å²) in [6.45, 7) is 0.334. The van der Waals surface area contributed by atoms with Crippen LogP contribution in [-0.4, -0.2) is 70.4 Å². The first-order chi connectivity index (χ1) is 15.5. The maximum Gasteiger partial charge on any atom is 0.332 e. The number of hydrogen-bond donors (Lipinski definition) is 0. The number of esters is 1. The van der Waals surface area contributed by atoms with Crippen molar-refractivity contribution in [1.82, 2.24) is 14.8 Å². The predicted octanol–water partition coefficient (Wildman–Crippen LogP) is 1.18. The number of aromatic nitrogens is 1. The minimum Gasteiger partial charge on any atom is -0.469 e. The Labute approximate surface area is 182 Å². The molecule has 10 heteroatoms. The molecule has 2 unspecified atom stereocenters. The summed E-state index contributed by atoms with van der Waals surface area (Å²) in [6, 6.07) is 7.14. The van der Waals surface area contributed by atoms with Gasteiger partial charge in [0.2, 0.25) is 5.91 Å². The number of amides is 4. The number of piperazine rings is 1. The molecule has 1 aromatic heterocycles. The highest BCUT2D eigenvalue weighted by Gasteiger charge is 2.62. The van der Waals surface area contributed by atoms with E-state index in [1.165, 1.54) is 13.3 Å². The molecular formula is C22H19N5O5. The van der Waals surface area contributed by atoms with Gasteiger partial charge in [0.1, 0.15) is 17.8 Å². The second-order valence-electron chi connectivity index (χ2n) is 8.04. The third-order valence-corrected chi connectivity index (χ3v) is 6.48. The molecule has 0 aliphatic carbocycles. The molecule has 3 saturated heterocycles. The molecule has 5 rings (SSSR count). The highest BCUT2D eigenvalue weighted by molar-refractivity contribution is 6.25. The Morgan fingerprint density at radius 1 is 1.22 bits per heavy atom. The van der Waals surface area contributed by atoms with E-state index in [4.69, 9.17) is 0 Å². The van der Waals surface area contributed by atoms with Crippen LogP contribution in [0.2, 0.25) is 0 Å². The van der Waals surface area contributed by atoms with E-state index in [-0.39, 0.29) is 30.5 Å². The molecule has 2 aromatic rings. The molecular weight excluding hydrogens is 414 g/mol. The number of benzene rings is 1. The number of ether oxygens (including phenoxy) is 1. The Bertz CT molecular complexity index is 1220. The fourth-order valence-corrected chi connectivity index (χ4v) is 5.07. The van der Waals surface area contributed by atoms with Gasteiger partial charge in [-0.3, -0.25) is 14.4 Å². The molecule has 3 fully saturated rings. The van der Waals surface area contributed by atoms with Crippen LogP contribution in [0.4, 0.5) is 10.5 Å². The molecule has 3 atom stereocenters. The minimum absolute atomic E-state index is 0.00135. The third kappa shape index (κ3) is 2.74. The Morgan fingerprint density at radius 3 is 2.69 bits per heavy atom. The molecule has 1 aromatic carbocycles. The van der Waals surface area contributed by atoms with Crippen LogP contribution in [0.3, 0.4) is 0 Å². The monoisotopic (exact) mass is 433 g/mol. The number of likely N-dealkylation sites (tertiary alicyclic amines) is 1. The first-order valence-electron chi connectivity index (χ1n) is 10.3. The molecule has 10 nitrogen and oxygen atoms in total. The van der Waals surface area contributed by atoms with Gasteiger partial charge < -0.3 is 14.5 Å². The average molecular weight is 433 g/mol. The summed E-state index contributed by atoms with van der Waals surface area (Å²) in [7, 11) is 1.27. The summed E-state index contributed by atoms with van der Waals surface area (Å²) in [5, 5.41) is 10.5. The lowest BCUT2D eigenvalue weighted by atomic mass is 10.1. The Hall–Kier alpha value is -4.00. The summed E-state index contributed by atoms with van der Waals surface area (Å²) in [5.74, 6) is -1.11. The number of fused-ring (bicyclic) bond motifs is 6. The smallest absolute Gasteiger partial charge is 0.332 e. The lowest BCUT2D eigenvalue weighted by Gasteiger charge is -2.34. The number of rotatable bonds is 4. The number of methoxy groups -OCH3 is 1. The summed E-state index contributed by atoms with van der Waals surface area (Å²) >= 11 is 0. The largest absolute Gasteiger partial charge is 0.469 e. The van der Waals surface area contributed by atoms with E-state index in [1.807, 2.05) is 6.07 Å². The van der Waals surface area contributed by atoms with Crippen LogP contribution in [0.1, 0.15) is 25.0 Å². The molecule has 4 amide bonds. The van der Waals surface area contributed by atoms with Gasteiger partial charge in [0.05, 0.1) is 37.5 Å². The molecule has 3 aliphatic rings. The van der Waals surface area contributed by atoms with Crippen molar-refractivity contribution in [2.75, 3.05) is 18.6 Å². The van der Waals surface area contributed by atoms with Crippen molar-refractivity contribution in [3.05, 3.63) is 36.2 Å². The van der Waals surface area contributed by atoms with E-state index in [0.717, 1.165) is 4.90 Å². The number of nitrogens with zero attached hydrogens (tertiary/aromatic N) is 5. The number of nitriles is 1. The SMILES string of the molecule is COC(=O)CCC(=O)N1CC2CC1[C@@H]1C(=O)N(c3cnc(C#N)c4ccccc34)C(=O)N21. The van der Waals surface area contributed by atoms with E-state index in [0.29, 0.717) is 29.4 Å². The fourth-order valence-electron chi connectivity index (χ4n) is 5.07. The third-order valence-electron chi connectivity index (χ3n) is 6.48. The van der Waals surface area contributed by atoms with Crippen molar-refractivity contribution in [1.29, 1.82) is 5.26 Å². The maximum absolute atomic E-state index is 13.4. The second-order valence-corrected chi connectivity index (χ2v) is 8.04. The van der Waals surface area contributed by atoms with Crippen molar-refractivity contribution in [3.8, 4) is 6.07 Å². The standard InChI is InChI=1S/C22H19N5O5/c1-32-19(29)7-6-18(28)25-11-12-8-16(25)20-21(30)27(22(31)26(12)20)17-10-24-15(9-23)13-4-2-3-5-14(13)17/h2-5,10,12,16,20H,6-8,11H2,1H3/t12?,16?,20-/m1/s1. The Balaban J connectivity index is 1.45. The number of imide groups is 1. The molecule has 0 N–H and O–H groups in total. The number of pyridine rings is 1. The van der Waals surface area contributed by atoms with Gasteiger partial charge in [0.25, 0.3) is 5.91 Å². The molecule has 32 heavy (non-hydrogen) atoms. The minimum atomic E-state index is -0.766. The highest BCUT2D eigenvalue weighted by atomic mass is 16.5. The molecule has 4 heterocycles. The van der Waals surface area contributed by atoms with Crippen LogP contribution in [0.5, 0.6) is 0 Å². The Kier molecular flexibility index (Phi) is 4.55. The number of anilines is 1. The number of hydrogen-bond acceptors (Lipinski definition) is 7. The summed E-state index contributed by atoms with van der Waals surface area (Å²) in [4.78, 5) is 59.2. The molecule has 2 bridgehead atoms. The first kappa shape index (κ1) is 19.9. The quantitative estimate of drug-likeness (QED) is 0.524. The van der Waals surface area contributed by atoms with Crippen LogP contribution in [-0.2, 0) is 19.1 Å². The summed E-state index contributed by atoms with van der Waals surface area (Å²) in [6.07, 6.45) is 1.88. The molecule has 0 saturated carbocycles. The lowest BCUT2D eigenvalue weighted by Crippen LogP contribution is -2.54. The number of carbonyl (C=O) groups excluding carboxylic acids is 4. The maximum atomic E-state index is 13.4. The van der Waals surface area contributed by atoms with E-state index in [1.54, 1.807) is 34.1 Å². The van der Waals surface area contributed by atoms with Gasteiger partial charge >= 0.3 is 12.0 Å². The van der Waals surface area contributed by atoms with Gasteiger partial charge in [-0.1, -0.05) is 24.3 Å². The fraction of sp³-hybridized carbons (Fsp3) is 0.364. The van der Waals surface area contributed by atoms with Crippen LogP contribution in [0.25, 0.3) is 10.8 Å². The highest BCUT2D eigenvalue weighted by Crippen LogP contribution is 2.43. The molecule has 0 radical (unpaired) electrons. The predicted molar refractivity (Wildman–Crippen MR) is 110 cm³/mol. The van der Waals surface area contributed by atoms with Crippen molar-refractivity contribution in [3.63, 3.8) is 0 Å². The van der Waals surface area contributed by atoms with Crippen molar-refractivity contribution in [2.24, 2.45) is 0 Å². The van der Waals surface area contributed by atoms with Crippen LogP contribution >= 0.6 is 0 Å². The van der Waals surface area contributed by atoms with Crippen molar-refractivity contribution in [2.45, 2.75) is 37.4 Å². The second kappa shape index (κ2) is 7.30. The number of urea groups is 1. The zero-order chi connectivity index (χ0) is 22.6. The lowest BCUT2D eigenvalue weighted by molar-refractivity contribution is -0.144. The van der Waals surface area contributed by atoms with Crippen molar-refractivity contribution >= 4 is 40.3 Å². The van der Waals surface area contributed by atoms with Gasteiger partial charge in [0, 0.05) is 23.7 Å². The molecule has 162 valence electrons. The number of carbonyl (C=O) groups is 4. The van der Waals surface area contributed by atoms with Crippen LogP contribution in [0.15, 0.2) is 30.5 Å². The normalized spacial score (nSPS) is 23.6. The van der Waals surface area contributed by atoms with Crippen LogP contribution in [0, 0.1) is 11.3 Å². The van der Waals surface area contributed by atoms with E-state index < -0.39 is 30.0 Å². The van der Waals surface area contributed by atoms with E-state index >= 15 is 0 Å². The average Bonchev–Trinajstić information content (AvgIpc) is 3.48. The van der Waals surface area contributed by atoms with Gasteiger partial charge in [-0.05, 0) is 6.42 Å². The molecule has 0 spiro atoms. The van der Waals surface area contributed by atoms with Gasteiger partial charge in [-0.2, -0.15) is 5.26 Å². The van der Waals surface area contributed by atoms with Gasteiger partial charge in [0.15, 0.2) is 0 Å². The van der Waals surface area contributed by atoms with E-state index in [9.17, 15) is 24.4 Å². The zero-order valence-electron chi connectivity index (χ0n) is 17.2. The summed E-state index contributed by atoms with van der Waals surface area (Å²) < 4.78 is 4.59. The summed E-state index contributed by atoms with van der Waals surface area (Å²) in [5.41, 5.74) is 0.540. The Morgan fingerprint density at radius 2 is 1.97 bits per heavy atom.